The summed E-state index contributed by atoms with van der Waals surface area (Å²) in [5, 5.41) is 0.683. The molecule has 0 amide bonds. The highest BCUT2D eigenvalue weighted by atomic mass is 32.9. The number of methoxy groups -OCH3 is 1. The lowest BCUT2D eigenvalue weighted by Crippen LogP contribution is -2.28. The van der Waals surface area contributed by atoms with E-state index in [9.17, 15) is 9.69 Å². The minimum atomic E-state index is -3.89. The van der Waals surface area contributed by atoms with Crippen molar-refractivity contribution < 1.29 is 32.7 Å². The van der Waals surface area contributed by atoms with Crippen LogP contribution >= 0.6 is 25.1 Å². The molecule has 238 valence electrons. The number of imidazole rings is 1. The monoisotopic (exact) mass is 705 g/mol. The van der Waals surface area contributed by atoms with Crippen molar-refractivity contribution in [3.8, 4) is 0 Å². The molecule has 8 atom stereocenters. The van der Waals surface area contributed by atoms with Crippen LogP contribution in [0.4, 0.5) is 11.8 Å². The van der Waals surface area contributed by atoms with Crippen LogP contribution in [0.3, 0.4) is 0 Å². The van der Waals surface area contributed by atoms with Gasteiger partial charge in [0.1, 0.15) is 42.4 Å². The summed E-state index contributed by atoms with van der Waals surface area (Å²) >= 11 is 14.9. The van der Waals surface area contributed by atoms with Gasteiger partial charge in [0.25, 0.3) is 5.56 Å². The van der Waals surface area contributed by atoms with Gasteiger partial charge in [-0.3, -0.25) is 14.3 Å². The maximum atomic E-state index is 12.3. The average Bonchev–Trinajstić information content (AvgIpc) is 3.73. The molecule has 6 heterocycles. The van der Waals surface area contributed by atoms with Gasteiger partial charge in [0.2, 0.25) is 5.95 Å². The molecule has 22 heteroatoms. The van der Waals surface area contributed by atoms with E-state index in [1.807, 2.05) is 4.57 Å². The molecule has 0 bridgehead atoms. The second-order valence-electron chi connectivity index (χ2n) is 10.0. The summed E-state index contributed by atoms with van der Waals surface area (Å²) in [7, 11) is 1.53. The third kappa shape index (κ3) is 6.58. The zero-order valence-electron chi connectivity index (χ0n) is 23.0. The van der Waals surface area contributed by atoms with E-state index in [0.717, 1.165) is 0 Å². The Balaban J connectivity index is 1.19. The smallest absolute Gasteiger partial charge is 0.325 e. The predicted octanol–water partition coefficient (Wildman–Crippen LogP) is 1.39. The SMILES string of the molecule is COC[C@@H]1C[C@@H](OP(O)(=S)OC[C@H]2O[C@@H](n3ccc4c(N)ncnc43)C[C@@H]2O[PH](=S)S)[C@H](n2cnc3c(=O)[nH]c(N)nc32)O1. The van der Waals surface area contributed by atoms with Crippen molar-refractivity contribution in [2.24, 2.45) is 0 Å². The van der Waals surface area contributed by atoms with E-state index in [1.165, 1.54) is 24.3 Å². The van der Waals surface area contributed by atoms with E-state index in [1.54, 1.807) is 12.3 Å². The predicted molar refractivity (Wildman–Crippen MR) is 170 cm³/mol. The first-order valence-electron chi connectivity index (χ1n) is 13.2. The topological polar surface area (TPSA) is 222 Å². The number of fused-ring (bicyclic) bond motifs is 2. The van der Waals surface area contributed by atoms with E-state index < -0.39 is 55.3 Å². The number of anilines is 2. The number of hydrogen-bond donors (Lipinski definition) is 5. The van der Waals surface area contributed by atoms with E-state index in [-0.39, 0.29) is 30.3 Å². The number of rotatable bonds is 11. The minimum Gasteiger partial charge on any atom is -0.383 e. The van der Waals surface area contributed by atoms with Gasteiger partial charge >= 0.3 is 6.72 Å². The summed E-state index contributed by atoms with van der Waals surface area (Å²) in [5.41, 5.74) is 12.1. The number of hydrogen-bond acceptors (Lipinski definition) is 15. The number of nitrogens with zero attached hydrogens (tertiary/aromatic N) is 6. The van der Waals surface area contributed by atoms with Crippen molar-refractivity contribution in [3.05, 3.63) is 35.3 Å². The van der Waals surface area contributed by atoms with Gasteiger partial charge < -0.3 is 48.7 Å². The lowest BCUT2D eigenvalue weighted by atomic mass is 10.2. The Morgan fingerprint density at radius 1 is 1.20 bits per heavy atom. The van der Waals surface area contributed by atoms with Crippen molar-refractivity contribution in [1.29, 1.82) is 0 Å². The van der Waals surface area contributed by atoms with E-state index in [4.69, 9.17) is 62.9 Å². The van der Waals surface area contributed by atoms with Crippen molar-refractivity contribution in [1.82, 2.24) is 34.1 Å². The Labute approximate surface area is 265 Å². The molecule has 0 saturated carbocycles. The molecular weight excluding hydrogens is 676 g/mol. The van der Waals surface area contributed by atoms with Crippen molar-refractivity contribution >= 4 is 82.7 Å². The molecule has 6 N–H and O–H groups in total. The maximum Gasteiger partial charge on any atom is 0.325 e. The number of nitrogen functional groups attached to an aromatic ring is 2. The highest BCUT2D eigenvalue weighted by Crippen LogP contribution is 2.51. The standard InChI is InChI=1S/C22H29N9O8P2S3/c1-34-6-10-4-13(21(36-10)31-9-27-16-19(31)28-22(24)29-20(16)32)39-41(33,44)35-7-14-12(38-40(42)43)5-15(37-14)30-3-2-11-17(23)25-8-26-18(11)30/h2-3,8-10,12-15,21,40H,4-7H2,1H3,(H,33,44)(H,42,43)(H2,23,25,26)(H3,24,28,29,32)/t10-,12-,13+,14+,15+,21+,41?/m0/s1. The summed E-state index contributed by atoms with van der Waals surface area (Å²) < 4.78 is 38.7. The molecular formula is C22H29N9O8P2S3. The first-order valence-corrected chi connectivity index (χ1v) is 19.6. The second-order valence-corrected chi connectivity index (χ2v) is 16.8. The Bertz CT molecular complexity index is 1810. The Hall–Kier alpha value is -2.06. The number of ether oxygens (including phenoxy) is 3. The fourth-order valence-corrected chi connectivity index (χ4v) is 8.07. The van der Waals surface area contributed by atoms with Crippen LogP contribution in [0.25, 0.3) is 22.2 Å². The number of nitrogens with two attached hydrogens (primary N) is 2. The molecule has 4 aromatic heterocycles. The van der Waals surface area contributed by atoms with Gasteiger partial charge in [0.15, 0.2) is 17.4 Å². The zero-order valence-corrected chi connectivity index (χ0v) is 27.4. The highest BCUT2D eigenvalue weighted by molar-refractivity contribution is 8.54. The number of nitrogens with one attached hydrogen (secondary N) is 1. The van der Waals surface area contributed by atoms with Crippen LogP contribution in [0.5, 0.6) is 0 Å². The van der Waals surface area contributed by atoms with Gasteiger partial charge in [-0.1, -0.05) is 11.8 Å². The average molecular weight is 706 g/mol. The number of H-pyrrole nitrogens is 1. The van der Waals surface area contributed by atoms with Crippen LogP contribution in [0, 0.1) is 0 Å². The fraction of sp³-hybridized carbons (Fsp3) is 0.500. The molecule has 17 nitrogen and oxygen atoms in total. The maximum absolute atomic E-state index is 12.3. The van der Waals surface area contributed by atoms with Crippen LogP contribution in [0.1, 0.15) is 25.3 Å². The number of aromatic amines is 1. The summed E-state index contributed by atoms with van der Waals surface area (Å²) in [4.78, 5) is 42.6. The normalized spacial score (nSPS) is 27.7. The lowest BCUT2D eigenvalue weighted by Gasteiger charge is -2.26. The molecule has 2 saturated heterocycles. The molecule has 0 spiro atoms. The highest BCUT2D eigenvalue weighted by Gasteiger charge is 2.43. The molecule has 0 aliphatic carbocycles. The summed E-state index contributed by atoms with van der Waals surface area (Å²) in [6, 6.07) is 1.80. The zero-order chi connectivity index (χ0) is 31.2. The molecule has 44 heavy (non-hydrogen) atoms. The largest absolute Gasteiger partial charge is 0.383 e. The van der Waals surface area contributed by atoms with E-state index in [0.29, 0.717) is 29.7 Å². The van der Waals surface area contributed by atoms with Gasteiger partial charge in [-0.25, -0.2) is 15.0 Å². The van der Waals surface area contributed by atoms with Gasteiger partial charge in [0.05, 0.1) is 37.1 Å². The number of thiol groups is 1. The number of aromatic nitrogens is 7. The summed E-state index contributed by atoms with van der Waals surface area (Å²) in [6.45, 7) is -3.82. The van der Waals surface area contributed by atoms with Crippen molar-refractivity contribution in [2.75, 3.05) is 31.8 Å². The third-order valence-corrected chi connectivity index (χ3v) is 9.87. The van der Waals surface area contributed by atoms with Crippen LogP contribution in [0.2, 0.25) is 0 Å². The molecule has 2 unspecified atom stereocenters. The minimum absolute atomic E-state index is 0.0619. The second kappa shape index (κ2) is 13.0. The fourth-order valence-electron chi connectivity index (χ4n) is 5.34. The molecule has 0 aromatic carbocycles. The first-order chi connectivity index (χ1) is 21.0. The van der Waals surface area contributed by atoms with E-state index in [2.05, 4.69) is 37.2 Å². The molecule has 6 rings (SSSR count). The molecule has 2 aliphatic rings. The van der Waals surface area contributed by atoms with Gasteiger partial charge in [-0.2, -0.15) is 4.98 Å². The lowest BCUT2D eigenvalue weighted by molar-refractivity contribution is -0.0563. The Kier molecular flexibility index (Phi) is 9.41. The van der Waals surface area contributed by atoms with Crippen LogP contribution in [0.15, 0.2) is 29.7 Å². The molecule has 0 radical (unpaired) electrons. The van der Waals surface area contributed by atoms with Crippen LogP contribution < -0.4 is 17.0 Å². The summed E-state index contributed by atoms with van der Waals surface area (Å²) in [5.74, 6) is 0.254. The van der Waals surface area contributed by atoms with Gasteiger partial charge in [-0.05, 0) is 17.9 Å². The molecule has 2 fully saturated rings. The van der Waals surface area contributed by atoms with E-state index >= 15 is 0 Å². The van der Waals surface area contributed by atoms with Gasteiger partial charge in [0, 0.05) is 26.1 Å². The Morgan fingerprint density at radius 2 is 2.02 bits per heavy atom. The molecule has 4 aromatic rings. The quantitative estimate of drug-likeness (QED) is 0.110. The van der Waals surface area contributed by atoms with Gasteiger partial charge in [-0.15, -0.1) is 12.2 Å². The third-order valence-electron chi connectivity index (χ3n) is 7.18. The van der Waals surface area contributed by atoms with Crippen LogP contribution in [-0.4, -0.2) is 83.7 Å². The van der Waals surface area contributed by atoms with Crippen LogP contribution in [-0.2, 0) is 51.4 Å². The van der Waals surface area contributed by atoms with Crippen molar-refractivity contribution in [2.45, 2.75) is 49.7 Å². The molecule has 2 aliphatic heterocycles. The summed E-state index contributed by atoms with van der Waals surface area (Å²) in [6.07, 6.45) is -0.351. The van der Waals surface area contributed by atoms with Crippen molar-refractivity contribution in [3.63, 3.8) is 0 Å². The first kappa shape index (κ1) is 31.9. The Morgan fingerprint density at radius 3 is 2.80 bits per heavy atom.